The molecule has 0 heterocycles. The van der Waals surface area contributed by atoms with Crippen molar-refractivity contribution in [3.8, 4) is 0 Å². The van der Waals surface area contributed by atoms with Crippen LogP contribution in [0.5, 0.6) is 0 Å². The highest BCUT2D eigenvalue weighted by atomic mass is 16.5. The highest BCUT2D eigenvalue weighted by Crippen LogP contribution is 2.27. The topological polar surface area (TPSA) is 75.6 Å². The Morgan fingerprint density at radius 1 is 1.20 bits per heavy atom. The maximum absolute atomic E-state index is 12.0. The number of carboxylic acid groups (broad SMARTS) is 1. The molecule has 0 aromatic heterocycles. The fraction of sp³-hybridized carbons (Fsp3) is 0.867. The van der Waals surface area contributed by atoms with Crippen molar-refractivity contribution in [2.45, 2.75) is 77.5 Å². The molecule has 5 heteroatoms. The van der Waals surface area contributed by atoms with Crippen molar-refractivity contribution in [1.29, 1.82) is 0 Å². The van der Waals surface area contributed by atoms with Crippen LogP contribution >= 0.6 is 0 Å². The lowest BCUT2D eigenvalue weighted by molar-refractivity contribution is -0.146. The van der Waals surface area contributed by atoms with Crippen LogP contribution in [0.4, 0.5) is 0 Å². The second-order valence-electron chi connectivity index (χ2n) is 5.61. The standard InChI is InChI=1S/C15H27NO4/c1-4-12(5-2)16-14(17)10(3)20-13-8-6-11(7-9-13)15(18)19/h10-13H,4-9H2,1-3H3,(H,16,17)(H,18,19). The quantitative estimate of drug-likeness (QED) is 0.753. The number of hydrogen-bond acceptors (Lipinski definition) is 3. The number of carbonyl (C=O) groups excluding carboxylic acids is 1. The van der Waals surface area contributed by atoms with E-state index in [1.54, 1.807) is 6.92 Å². The molecule has 1 atom stereocenters. The number of nitrogens with one attached hydrogen (secondary N) is 1. The van der Waals surface area contributed by atoms with Crippen molar-refractivity contribution in [3.63, 3.8) is 0 Å². The molecule has 5 nitrogen and oxygen atoms in total. The first kappa shape index (κ1) is 17.0. The zero-order chi connectivity index (χ0) is 15.1. The lowest BCUT2D eigenvalue weighted by Crippen LogP contribution is -2.42. The minimum absolute atomic E-state index is 0.00746. The van der Waals surface area contributed by atoms with Crippen LogP contribution in [0.15, 0.2) is 0 Å². The molecule has 0 aromatic carbocycles. The van der Waals surface area contributed by atoms with Gasteiger partial charge in [-0.3, -0.25) is 9.59 Å². The maximum Gasteiger partial charge on any atom is 0.306 e. The molecule has 1 fully saturated rings. The molecule has 1 aliphatic carbocycles. The van der Waals surface area contributed by atoms with Crippen LogP contribution in [0.1, 0.15) is 59.3 Å². The Hall–Kier alpha value is -1.10. The van der Waals surface area contributed by atoms with Gasteiger partial charge in [0.2, 0.25) is 5.91 Å². The molecule has 0 aliphatic heterocycles. The van der Waals surface area contributed by atoms with Crippen molar-refractivity contribution in [2.24, 2.45) is 5.92 Å². The summed E-state index contributed by atoms with van der Waals surface area (Å²) in [6, 6.07) is 0.205. The van der Waals surface area contributed by atoms with Gasteiger partial charge in [0.25, 0.3) is 0 Å². The van der Waals surface area contributed by atoms with Gasteiger partial charge in [-0.15, -0.1) is 0 Å². The van der Waals surface area contributed by atoms with Crippen LogP contribution in [0.25, 0.3) is 0 Å². The van der Waals surface area contributed by atoms with Crippen molar-refractivity contribution in [2.75, 3.05) is 0 Å². The summed E-state index contributed by atoms with van der Waals surface area (Å²) >= 11 is 0. The van der Waals surface area contributed by atoms with Crippen LogP contribution in [0.3, 0.4) is 0 Å². The Balaban J connectivity index is 2.34. The highest BCUT2D eigenvalue weighted by molar-refractivity contribution is 5.80. The van der Waals surface area contributed by atoms with Crippen LogP contribution in [0, 0.1) is 5.92 Å². The third kappa shape index (κ3) is 5.12. The summed E-state index contributed by atoms with van der Waals surface area (Å²) in [5.41, 5.74) is 0. The van der Waals surface area contributed by atoms with Gasteiger partial charge in [0.1, 0.15) is 6.10 Å². The smallest absolute Gasteiger partial charge is 0.306 e. The SMILES string of the molecule is CCC(CC)NC(=O)C(C)OC1CCC(C(=O)O)CC1. The Bertz CT molecular complexity index is 320. The molecular formula is C15H27NO4. The van der Waals surface area contributed by atoms with Gasteiger partial charge in [0.15, 0.2) is 0 Å². The molecule has 1 rings (SSSR count). The first-order valence-electron chi connectivity index (χ1n) is 7.66. The number of rotatable bonds is 7. The lowest BCUT2D eigenvalue weighted by Gasteiger charge is -2.29. The van der Waals surface area contributed by atoms with E-state index in [0.717, 1.165) is 25.7 Å². The monoisotopic (exact) mass is 285 g/mol. The van der Waals surface area contributed by atoms with Gasteiger partial charge in [-0.1, -0.05) is 13.8 Å². The van der Waals surface area contributed by atoms with Crippen LogP contribution in [-0.4, -0.2) is 35.2 Å². The number of hydrogen-bond donors (Lipinski definition) is 2. The summed E-state index contributed by atoms with van der Waals surface area (Å²) in [4.78, 5) is 22.9. The van der Waals surface area contributed by atoms with E-state index in [1.165, 1.54) is 0 Å². The largest absolute Gasteiger partial charge is 0.481 e. The van der Waals surface area contributed by atoms with Gasteiger partial charge >= 0.3 is 5.97 Å². The Morgan fingerprint density at radius 3 is 2.20 bits per heavy atom. The summed E-state index contributed by atoms with van der Waals surface area (Å²) in [6.07, 6.45) is 4.09. The molecule has 0 aromatic rings. The first-order chi connectivity index (χ1) is 9.47. The third-order valence-electron chi connectivity index (χ3n) is 4.12. The first-order valence-corrected chi connectivity index (χ1v) is 7.66. The van der Waals surface area contributed by atoms with Gasteiger partial charge in [0.05, 0.1) is 12.0 Å². The van der Waals surface area contributed by atoms with E-state index in [4.69, 9.17) is 9.84 Å². The normalized spacial score (nSPS) is 24.4. The molecule has 0 radical (unpaired) electrons. The molecule has 116 valence electrons. The van der Waals surface area contributed by atoms with E-state index in [2.05, 4.69) is 5.32 Å². The number of aliphatic carboxylic acids is 1. The van der Waals surface area contributed by atoms with E-state index >= 15 is 0 Å². The summed E-state index contributed by atoms with van der Waals surface area (Å²) in [6.45, 7) is 5.86. The molecule has 0 spiro atoms. The molecule has 0 bridgehead atoms. The molecule has 0 saturated heterocycles. The lowest BCUT2D eigenvalue weighted by atomic mass is 9.87. The van der Waals surface area contributed by atoms with Crippen molar-refractivity contribution >= 4 is 11.9 Å². The summed E-state index contributed by atoms with van der Waals surface area (Å²) in [5.74, 6) is -1.04. The van der Waals surface area contributed by atoms with E-state index in [9.17, 15) is 9.59 Å². The molecule has 20 heavy (non-hydrogen) atoms. The van der Waals surface area contributed by atoms with E-state index in [0.29, 0.717) is 12.8 Å². The average molecular weight is 285 g/mol. The molecule has 1 unspecified atom stereocenters. The Morgan fingerprint density at radius 2 is 1.75 bits per heavy atom. The fourth-order valence-electron chi connectivity index (χ4n) is 2.61. The summed E-state index contributed by atoms with van der Waals surface area (Å²) < 4.78 is 5.77. The highest BCUT2D eigenvalue weighted by Gasteiger charge is 2.28. The predicted molar refractivity (Wildman–Crippen MR) is 76.4 cm³/mol. The average Bonchev–Trinajstić information content (AvgIpc) is 2.44. The molecule has 1 aliphatic rings. The van der Waals surface area contributed by atoms with Crippen LogP contribution in [0.2, 0.25) is 0 Å². The second kappa shape index (κ2) is 8.25. The van der Waals surface area contributed by atoms with Crippen molar-refractivity contribution in [3.05, 3.63) is 0 Å². The van der Waals surface area contributed by atoms with Gasteiger partial charge in [-0.05, 0) is 45.4 Å². The molecule has 1 amide bonds. The number of amides is 1. The maximum atomic E-state index is 12.0. The number of ether oxygens (including phenoxy) is 1. The number of carboxylic acids is 1. The zero-order valence-electron chi connectivity index (χ0n) is 12.7. The predicted octanol–water partition coefficient (Wildman–Crippen LogP) is 2.34. The van der Waals surface area contributed by atoms with Gasteiger partial charge in [-0.2, -0.15) is 0 Å². The summed E-state index contributed by atoms with van der Waals surface area (Å²) in [5, 5.41) is 11.9. The Kier molecular flexibility index (Phi) is 6.99. The number of carbonyl (C=O) groups is 2. The van der Waals surface area contributed by atoms with Gasteiger partial charge < -0.3 is 15.2 Å². The van der Waals surface area contributed by atoms with Crippen LogP contribution < -0.4 is 5.32 Å². The van der Waals surface area contributed by atoms with E-state index in [1.807, 2.05) is 13.8 Å². The zero-order valence-corrected chi connectivity index (χ0v) is 12.7. The third-order valence-corrected chi connectivity index (χ3v) is 4.12. The van der Waals surface area contributed by atoms with Gasteiger partial charge in [-0.25, -0.2) is 0 Å². The van der Waals surface area contributed by atoms with E-state index < -0.39 is 12.1 Å². The van der Waals surface area contributed by atoms with Gasteiger partial charge in [0, 0.05) is 6.04 Å². The van der Waals surface area contributed by atoms with Crippen LogP contribution in [-0.2, 0) is 14.3 Å². The molecular weight excluding hydrogens is 258 g/mol. The summed E-state index contributed by atoms with van der Waals surface area (Å²) in [7, 11) is 0. The molecule has 2 N–H and O–H groups in total. The molecule has 1 saturated carbocycles. The van der Waals surface area contributed by atoms with Crippen molar-refractivity contribution in [1.82, 2.24) is 5.32 Å². The minimum atomic E-state index is -0.719. The second-order valence-corrected chi connectivity index (χ2v) is 5.61. The van der Waals surface area contributed by atoms with Crippen molar-refractivity contribution < 1.29 is 19.4 Å². The Labute approximate surface area is 121 Å². The fourth-order valence-corrected chi connectivity index (χ4v) is 2.61. The minimum Gasteiger partial charge on any atom is -0.481 e. The van der Waals surface area contributed by atoms with E-state index in [-0.39, 0.29) is 24.0 Å².